The molecule has 0 spiro atoms. The molecule has 3 nitrogen and oxygen atoms in total. The summed E-state index contributed by atoms with van der Waals surface area (Å²) in [7, 11) is 0. The molecule has 1 atom stereocenters. The van der Waals surface area contributed by atoms with Crippen molar-refractivity contribution in [1.82, 2.24) is 0 Å². The van der Waals surface area contributed by atoms with Gasteiger partial charge in [0.25, 0.3) is 0 Å². The molecule has 0 fully saturated rings. The Labute approximate surface area is 84.1 Å². The lowest BCUT2D eigenvalue weighted by molar-refractivity contribution is -0.118. The number of aryl methyl sites for hydroxylation is 2. The Hall–Kier alpha value is -1.35. The molecule has 0 aliphatic rings. The van der Waals surface area contributed by atoms with E-state index in [1.165, 1.54) is 0 Å². The second-order valence-electron chi connectivity index (χ2n) is 3.58. The predicted molar refractivity (Wildman–Crippen MR) is 56.7 cm³/mol. The first-order chi connectivity index (χ1) is 6.52. The van der Waals surface area contributed by atoms with Crippen molar-refractivity contribution in [3.05, 3.63) is 34.9 Å². The van der Waals surface area contributed by atoms with E-state index in [1.54, 1.807) is 0 Å². The van der Waals surface area contributed by atoms with Gasteiger partial charge < -0.3 is 11.5 Å². The highest BCUT2D eigenvalue weighted by molar-refractivity contribution is 5.74. The zero-order valence-electron chi connectivity index (χ0n) is 8.58. The van der Waals surface area contributed by atoms with Crippen LogP contribution in [0.5, 0.6) is 0 Å². The average molecular weight is 192 g/mol. The SMILES string of the molecule is Cc1cccc(C)c1C(N)CC(N)=O. The van der Waals surface area contributed by atoms with Crippen molar-refractivity contribution in [1.29, 1.82) is 0 Å². The monoisotopic (exact) mass is 192 g/mol. The molecule has 0 aliphatic heterocycles. The topological polar surface area (TPSA) is 69.1 Å². The zero-order valence-corrected chi connectivity index (χ0v) is 8.58. The molecule has 1 unspecified atom stereocenters. The van der Waals surface area contributed by atoms with Crippen LogP contribution in [0.2, 0.25) is 0 Å². The molecule has 1 aromatic carbocycles. The maximum atomic E-state index is 10.7. The van der Waals surface area contributed by atoms with E-state index in [9.17, 15) is 4.79 Å². The fraction of sp³-hybridized carbons (Fsp3) is 0.364. The van der Waals surface area contributed by atoms with Crippen molar-refractivity contribution in [2.75, 3.05) is 0 Å². The molecule has 0 bridgehead atoms. The fourth-order valence-electron chi connectivity index (χ4n) is 1.73. The third kappa shape index (κ3) is 2.33. The molecular weight excluding hydrogens is 176 g/mol. The number of primary amides is 1. The van der Waals surface area contributed by atoms with E-state index >= 15 is 0 Å². The van der Waals surface area contributed by atoms with Crippen molar-refractivity contribution in [2.24, 2.45) is 11.5 Å². The molecule has 4 N–H and O–H groups in total. The van der Waals surface area contributed by atoms with E-state index in [1.807, 2.05) is 32.0 Å². The number of hydrogen-bond acceptors (Lipinski definition) is 2. The number of carbonyl (C=O) groups excluding carboxylic acids is 1. The second kappa shape index (κ2) is 4.24. The van der Waals surface area contributed by atoms with E-state index < -0.39 is 0 Å². The van der Waals surface area contributed by atoms with Gasteiger partial charge in [-0.3, -0.25) is 4.79 Å². The molecule has 0 aliphatic carbocycles. The van der Waals surface area contributed by atoms with Crippen LogP contribution in [0.1, 0.15) is 29.2 Å². The second-order valence-corrected chi connectivity index (χ2v) is 3.58. The van der Waals surface area contributed by atoms with Gasteiger partial charge in [0.2, 0.25) is 5.91 Å². The van der Waals surface area contributed by atoms with E-state index in [4.69, 9.17) is 11.5 Å². The molecule has 14 heavy (non-hydrogen) atoms. The Balaban J connectivity index is 2.99. The van der Waals surface area contributed by atoms with Crippen LogP contribution in [0.4, 0.5) is 0 Å². The number of amides is 1. The molecule has 0 radical (unpaired) electrons. The fourth-order valence-corrected chi connectivity index (χ4v) is 1.73. The summed E-state index contributed by atoms with van der Waals surface area (Å²) >= 11 is 0. The smallest absolute Gasteiger partial charge is 0.219 e. The van der Waals surface area contributed by atoms with Crippen LogP contribution < -0.4 is 11.5 Å². The minimum atomic E-state index is -0.361. The van der Waals surface area contributed by atoms with Gasteiger partial charge in [-0.2, -0.15) is 0 Å². The van der Waals surface area contributed by atoms with Crippen LogP contribution in [0.3, 0.4) is 0 Å². The van der Waals surface area contributed by atoms with Gasteiger partial charge in [-0.05, 0) is 30.5 Å². The Morgan fingerprint density at radius 2 is 1.86 bits per heavy atom. The third-order valence-electron chi connectivity index (χ3n) is 2.33. The molecule has 0 aromatic heterocycles. The van der Waals surface area contributed by atoms with Crippen molar-refractivity contribution in [3.8, 4) is 0 Å². The highest BCUT2D eigenvalue weighted by Gasteiger charge is 2.13. The minimum Gasteiger partial charge on any atom is -0.370 e. The summed E-state index contributed by atoms with van der Waals surface area (Å²) in [5, 5.41) is 0. The van der Waals surface area contributed by atoms with Gasteiger partial charge in [0.15, 0.2) is 0 Å². The summed E-state index contributed by atoms with van der Waals surface area (Å²) in [5.41, 5.74) is 14.3. The van der Waals surface area contributed by atoms with Crippen molar-refractivity contribution >= 4 is 5.91 Å². The van der Waals surface area contributed by atoms with Gasteiger partial charge >= 0.3 is 0 Å². The zero-order chi connectivity index (χ0) is 10.7. The highest BCUT2D eigenvalue weighted by atomic mass is 16.1. The highest BCUT2D eigenvalue weighted by Crippen LogP contribution is 2.21. The number of carbonyl (C=O) groups is 1. The van der Waals surface area contributed by atoms with Crippen LogP contribution >= 0.6 is 0 Å². The number of benzene rings is 1. The first-order valence-corrected chi connectivity index (χ1v) is 4.62. The molecule has 1 rings (SSSR count). The molecule has 1 aromatic rings. The maximum Gasteiger partial charge on any atom is 0.219 e. The van der Waals surface area contributed by atoms with Gasteiger partial charge in [-0.25, -0.2) is 0 Å². The van der Waals surface area contributed by atoms with Gasteiger partial charge in [0.05, 0.1) is 0 Å². The molecule has 1 amide bonds. The lowest BCUT2D eigenvalue weighted by Gasteiger charge is -2.15. The quantitative estimate of drug-likeness (QED) is 0.755. The summed E-state index contributed by atoms with van der Waals surface area (Å²) in [4.78, 5) is 10.7. The van der Waals surface area contributed by atoms with Crippen LogP contribution in [0.25, 0.3) is 0 Å². The van der Waals surface area contributed by atoms with E-state index in [2.05, 4.69) is 0 Å². The lowest BCUT2D eigenvalue weighted by Crippen LogP contribution is -2.22. The molecule has 76 valence electrons. The molecule has 0 saturated heterocycles. The Kier molecular flexibility index (Phi) is 3.25. The Morgan fingerprint density at radius 3 is 2.29 bits per heavy atom. The third-order valence-corrected chi connectivity index (χ3v) is 2.33. The van der Waals surface area contributed by atoms with Crippen LogP contribution in [-0.2, 0) is 4.79 Å². The Morgan fingerprint density at radius 1 is 1.36 bits per heavy atom. The number of rotatable bonds is 3. The number of nitrogens with two attached hydrogens (primary N) is 2. The van der Waals surface area contributed by atoms with E-state index in [0.29, 0.717) is 0 Å². The maximum absolute atomic E-state index is 10.7. The van der Waals surface area contributed by atoms with Crippen molar-refractivity contribution in [3.63, 3.8) is 0 Å². The molecular formula is C11H16N2O. The van der Waals surface area contributed by atoms with Gasteiger partial charge in [-0.15, -0.1) is 0 Å². The minimum absolute atomic E-state index is 0.200. The van der Waals surface area contributed by atoms with Gasteiger partial charge in [0.1, 0.15) is 0 Å². The Bertz CT molecular complexity index is 327. The summed E-state index contributed by atoms with van der Waals surface area (Å²) in [5.74, 6) is -0.361. The van der Waals surface area contributed by atoms with E-state index in [0.717, 1.165) is 16.7 Å². The molecule has 0 heterocycles. The van der Waals surface area contributed by atoms with E-state index in [-0.39, 0.29) is 18.4 Å². The van der Waals surface area contributed by atoms with Crippen molar-refractivity contribution in [2.45, 2.75) is 26.3 Å². The summed E-state index contributed by atoms with van der Waals surface area (Å²) in [6.45, 7) is 3.98. The van der Waals surface area contributed by atoms with Crippen LogP contribution in [0, 0.1) is 13.8 Å². The average Bonchev–Trinajstić information content (AvgIpc) is 2.01. The summed E-state index contributed by atoms with van der Waals surface area (Å²) in [6.07, 6.45) is 0.200. The van der Waals surface area contributed by atoms with Crippen LogP contribution in [0.15, 0.2) is 18.2 Å². The normalized spacial score (nSPS) is 12.5. The standard InChI is InChI=1S/C11H16N2O/c1-7-4-3-5-8(2)11(7)9(12)6-10(13)14/h3-5,9H,6,12H2,1-2H3,(H2,13,14). The lowest BCUT2D eigenvalue weighted by atomic mass is 9.95. The summed E-state index contributed by atoms with van der Waals surface area (Å²) in [6, 6.07) is 5.67. The first-order valence-electron chi connectivity index (χ1n) is 4.62. The van der Waals surface area contributed by atoms with Crippen molar-refractivity contribution < 1.29 is 4.79 Å². The first kappa shape index (κ1) is 10.7. The largest absolute Gasteiger partial charge is 0.370 e. The summed E-state index contributed by atoms with van der Waals surface area (Å²) < 4.78 is 0. The number of hydrogen-bond donors (Lipinski definition) is 2. The molecule has 0 saturated carbocycles. The van der Waals surface area contributed by atoms with Crippen LogP contribution in [-0.4, -0.2) is 5.91 Å². The molecule has 3 heteroatoms. The predicted octanol–water partition coefficient (Wildman–Crippen LogP) is 1.18. The van der Waals surface area contributed by atoms with Gasteiger partial charge in [-0.1, -0.05) is 18.2 Å². The van der Waals surface area contributed by atoms with Gasteiger partial charge in [0, 0.05) is 12.5 Å².